The molecule has 2 aromatic carbocycles. The number of piperidine rings is 1. The van der Waals surface area contributed by atoms with E-state index in [9.17, 15) is 17.6 Å². The van der Waals surface area contributed by atoms with Gasteiger partial charge in [-0.05, 0) is 61.1 Å². The van der Waals surface area contributed by atoms with Crippen LogP contribution in [0.5, 0.6) is 0 Å². The topological polar surface area (TPSA) is 69.7 Å². The zero-order chi connectivity index (χ0) is 24.7. The minimum atomic E-state index is -3.76. The first kappa shape index (κ1) is 25.4. The van der Waals surface area contributed by atoms with Gasteiger partial charge in [-0.2, -0.15) is 4.31 Å². The van der Waals surface area contributed by atoms with Crippen LogP contribution in [0.2, 0.25) is 10.0 Å². The van der Waals surface area contributed by atoms with Gasteiger partial charge in [0.15, 0.2) is 0 Å². The number of sulfonamides is 1. The molecule has 1 atom stereocenters. The van der Waals surface area contributed by atoms with Gasteiger partial charge in [0.1, 0.15) is 5.82 Å². The monoisotopic (exact) mass is 527 g/mol. The second kappa shape index (κ2) is 9.74. The van der Waals surface area contributed by atoms with Crippen molar-refractivity contribution in [2.75, 3.05) is 13.1 Å². The van der Waals surface area contributed by atoms with Crippen molar-refractivity contribution < 1.29 is 17.6 Å². The van der Waals surface area contributed by atoms with Crippen molar-refractivity contribution in [2.45, 2.75) is 56.3 Å². The van der Waals surface area contributed by atoms with E-state index in [-0.39, 0.29) is 40.8 Å². The Morgan fingerprint density at radius 2 is 1.74 bits per heavy atom. The van der Waals surface area contributed by atoms with Crippen LogP contribution in [-0.4, -0.2) is 48.3 Å². The molecule has 1 amide bonds. The fourth-order valence-electron chi connectivity index (χ4n) is 4.79. The molecule has 34 heavy (non-hydrogen) atoms. The summed E-state index contributed by atoms with van der Waals surface area (Å²) in [6.07, 6.45) is 1.57. The first-order valence-electron chi connectivity index (χ1n) is 11.3. The molecule has 184 valence electrons. The van der Waals surface area contributed by atoms with Crippen LogP contribution in [0.4, 0.5) is 4.39 Å². The number of halogens is 3. The summed E-state index contributed by atoms with van der Waals surface area (Å²) in [5, 5.41) is 4.01. The number of hydrogen-bond acceptors (Lipinski definition) is 4. The molecule has 2 aliphatic heterocycles. The molecule has 4 rings (SSSR count). The first-order valence-corrected chi connectivity index (χ1v) is 13.5. The highest BCUT2D eigenvalue weighted by molar-refractivity contribution is 7.89. The molecule has 0 unspecified atom stereocenters. The molecule has 1 N–H and O–H groups in total. The van der Waals surface area contributed by atoms with Gasteiger partial charge < -0.3 is 4.90 Å². The van der Waals surface area contributed by atoms with E-state index in [2.05, 4.69) is 19.2 Å². The van der Waals surface area contributed by atoms with E-state index >= 15 is 0 Å². The second-order valence-electron chi connectivity index (χ2n) is 9.39. The average Bonchev–Trinajstić information content (AvgIpc) is 3.02. The highest BCUT2D eigenvalue weighted by Gasteiger charge is 2.52. The predicted octanol–water partition coefficient (Wildman–Crippen LogP) is 4.66. The van der Waals surface area contributed by atoms with Gasteiger partial charge in [0.2, 0.25) is 15.9 Å². The van der Waals surface area contributed by atoms with Gasteiger partial charge in [0.05, 0.1) is 26.6 Å². The SMILES string of the molecule is CC(C)C[C@H]1NC2(CCN(S(=O)(=O)c3ccc(Cl)c(Cl)c3)CC2)N(Cc2ccc(F)cc2)C1=O. The normalized spacial score (nSPS) is 21.1. The molecule has 0 saturated carbocycles. The summed E-state index contributed by atoms with van der Waals surface area (Å²) in [6.45, 7) is 4.96. The lowest BCUT2D eigenvalue weighted by molar-refractivity contribution is -0.134. The number of carbonyl (C=O) groups excluding carboxylic acids is 1. The molecule has 2 saturated heterocycles. The Bertz CT molecular complexity index is 1170. The minimum Gasteiger partial charge on any atom is -0.319 e. The van der Waals surface area contributed by atoms with Crippen molar-refractivity contribution >= 4 is 39.1 Å². The number of amides is 1. The van der Waals surface area contributed by atoms with E-state index < -0.39 is 15.7 Å². The van der Waals surface area contributed by atoms with Gasteiger partial charge in [-0.25, -0.2) is 12.8 Å². The van der Waals surface area contributed by atoms with E-state index in [4.69, 9.17) is 23.2 Å². The molecule has 0 radical (unpaired) electrons. The maximum atomic E-state index is 13.4. The highest BCUT2D eigenvalue weighted by Crippen LogP contribution is 2.37. The quantitative estimate of drug-likeness (QED) is 0.593. The smallest absolute Gasteiger partial charge is 0.243 e. The lowest BCUT2D eigenvalue weighted by atomic mass is 9.96. The third-order valence-corrected chi connectivity index (χ3v) is 9.20. The molecule has 0 aliphatic carbocycles. The van der Waals surface area contributed by atoms with E-state index in [0.717, 1.165) is 5.56 Å². The molecule has 2 heterocycles. The maximum Gasteiger partial charge on any atom is 0.243 e. The van der Waals surface area contributed by atoms with Gasteiger partial charge in [0, 0.05) is 19.6 Å². The van der Waals surface area contributed by atoms with E-state index in [0.29, 0.717) is 36.7 Å². The summed E-state index contributed by atoms with van der Waals surface area (Å²) in [4.78, 5) is 15.3. The first-order chi connectivity index (χ1) is 16.0. The predicted molar refractivity (Wildman–Crippen MR) is 131 cm³/mol. The second-order valence-corrected chi connectivity index (χ2v) is 12.1. The number of hydrogen-bond donors (Lipinski definition) is 1. The molecule has 2 aliphatic rings. The minimum absolute atomic E-state index is 0.00110. The van der Waals surface area contributed by atoms with Crippen molar-refractivity contribution in [3.63, 3.8) is 0 Å². The number of nitrogens with zero attached hydrogens (tertiary/aromatic N) is 2. The van der Waals surface area contributed by atoms with Crippen LogP contribution in [0.3, 0.4) is 0 Å². The average molecular weight is 528 g/mol. The van der Waals surface area contributed by atoms with Crippen LogP contribution in [0.15, 0.2) is 47.4 Å². The summed E-state index contributed by atoms with van der Waals surface area (Å²) in [6, 6.07) is 10.1. The molecule has 10 heteroatoms. The Labute approximate surface area is 210 Å². The largest absolute Gasteiger partial charge is 0.319 e. The Morgan fingerprint density at radius 1 is 1.09 bits per heavy atom. The summed E-state index contributed by atoms with van der Waals surface area (Å²) in [5.74, 6) is -0.0129. The lowest BCUT2D eigenvalue weighted by Crippen LogP contribution is -2.59. The molecular weight excluding hydrogens is 500 g/mol. The molecule has 6 nitrogen and oxygen atoms in total. The lowest BCUT2D eigenvalue weighted by Gasteiger charge is -2.44. The standard InChI is InChI=1S/C24H28Cl2FN3O3S/c1-16(2)13-22-23(31)30(15-17-3-5-18(27)6-4-17)24(28-22)9-11-29(12-10-24)34(32,33)19-7-8-20(25)21(26)14-19/h3-8,14,16,22,28H,9-13,15H2,1-2H3/t22-/m1/s1. The summed E-state index contributed by atoms with van der Waals surface area (Å²) in [7, 11) is -3.76. The van der Waals surface area contributed by atoms with Crippen molar-refractivity contribution in [1.29, 1.82) is 0 Å². The van der Waals surface area contributed by atoms with E-state index in [1.807, 2.05) is 4.90 Å². The van der Waals surface area contributed by atoms with E-state index in [1.165, 1.54) is 34.6 Å². The van der Waals surface area contributed by atoms with Crippen LogP contribution in [0.25, 0.3) is 0 Å². The van der Waals surface area contributed by atoms with Gasteiger partial charge >= 0.3 is 0 Å². The fraction of sp³-hybridized carbons (Fsp3) is 0.458. The van der Waals surface area contributed by atoms with Gasteiger partial charge in [0.25, 0.3) is 0 Å². The Kier molecular flexibility index (Phi) is 7.27. The molecule has 2 aromatic rings. The van der Waals surface area contributed by atoms with E-state index in [1.54, 1.807) is 12.1 Å². The summed E-state index contributed by atoms with van der Waals surface area (Å²) < 4.78 is 41.3. The van der Waals surface area contributed by atoms with Crippen LogP contribution in [0, 0.1) is 11.7 Å². The number of benzene rings is 2. The molecule has 2 fully saturated rings. The zero-order valence-electron chi connectivity index (χ0n) is 19.1. The maximum absolute atomic E-state index is 13.4. The zero-order valence-corrected chi connectivity index (χ0v) is 21.4. The van der Waals surface area contributed by atoms with Crippen LogP contribution in [0.1, 0.15) is 38.7 Å². The summed E-state index contributed by atoms with van der Waals surface area (Å²) in [5.41, 5.74) is 0.168. The van der Waals surface area contributed by atoms with Crippen LogP contribution in [-0.2, 0) is 21.4 Å². The van der Waals surface area contributed by atoms with Crippen molar-refractivity contribution in [1.82, 2.24) is 14.5 Å². The molecule has 1 spiro atoms. The van der Waals surface area contributed by atoms with Gasteiger partial charge in [-0.3, -0.25) is 10.1 Å². The number of rotatable bonds is 6. The number of carbonyl (C=O) groups is 1. The van der Waals surface area contributed by atoms with Gasteiger partial charge in [-0.1, -0.05) is 49.2 Å². The Balaban J connectivity index is 1.57. The summed E-state index contributed by atoms with van der Waals surface area (Å²) >= 11 is 12.0. The van der Waals surface area contributed by atoms with Crippen LogP contribution < -0.4 is 5.32 Å². The van der Waals surface area contributed by atoms with Gasteiger partial charge in [-0.15, -0.1) is 0 Å². The number of nitrogens with one attached hydrogen (secondary N) is 1. The van der Waals surface area contributed by atoms with Crippen molar-refractivity contribution in [3.8, 4) is 0 Å². The third kappa shape index (κ3) is 4.97. The molecular formula is C24H28Cl2FN3O3S. The van der Waals surface area contributed by atoms with Crippen LogP contribution >= 0.6 is 23.2 Å². The van der Waals surface area contributed by atoms with Crippen molar-refractivity contribution in [2.24, 2.45) is 5.92 Å². The van der Waals surface area contributed by atoms with Crippen molar-refractivity contribution in [3.05, 3.63) is 63.9 Å². The molecule has 0 bridgehead atoms. The Morgan fingerprint density at radius 3 is 2.32 bits per heavy atom. The molecule has 0 aromatic heterocycles. The Hall–Kier alpha value is -1.71. The highest BCUT2D eigenvalue weighted by atomic mass is 35.5. The third-order valence-electron chi connectivity index (χ3n) is 6.56. The fourth-order valence-corrected chi connectivity index (χ4v) is 6.62.